The van der Waals surface area contributed by atoms with Gasteiger partial charge in [-0.2, -0.15) is 4.98 Å². The summed E-state index contributed by atoms with van der Waals surface area (Å²) in [6.07, 6.45) is 1.06. The van der Waals surface area contributed by atoms with E-state index < -0.39 is 0 Å². The van der Waals surface area contributed by atoms with E-state index in [1.807, 2.05) is 13.0 Å². The zero-order valence-corrected chi connectivity index (χ0v) is 12.9. The van der Waals surface area contributed by atoms with E-state index in [9.17, 15) is 0 Å². The number of benzene rings is 1. The number of methoxy groups -OCH3 is 1. The molecule has 2 unspecified atom stereocenters. The Morgan fingerprint density at radius 2 is 2.27 bits per heavy atom. The lowest BCUT2D eigenvalue weighted by molar-refractivity contribution is 0.174. The summed E-state index contributed by atoms with van der Waals surface area (Å²) < 4.78 is 15.8. The van der Waals surface area contributed by atoms with Crippen LogP contribution in [0.4, 0.5) is 5.69 Å². The highest BCUT2D eigenvalue weighted by molar-refractivity contribution is 5.53. The van der Waals surface area contributed by atoms with Crippen molar-refractivity contribution in [1.29, 1.82) is 0 Å². The molecular weight excluding hydrogens is 282 g/mol. The number of hydrogen-bond donors (Lipinski definition) is 1. The molecule has 2 atom stereocenters. The molecule has 0 radical (unpaired) electrons. The van der Waals surface area contributed by atoms with Crippen molar-refractivity contribution >= 4 is 5.69 Å². The lowest BCUT2D eigenvalue weighted by atomic mass is 9.96. The van der Waals surface area contributed by atoms with Crippen LogP contribution < -0.4 is 5.32 Å². The Morgan fingerprint density at radius 3 is 3.05 bits per heavy atom. The third kappa shape index (κ3) is 3.28. The molecule has 0 saturated carbocycles. The number of anilines is 1. The Morgan fingerprint density at radius 1 is 1.41 bits per heavy atom. The highest BCUT2D eigenvalue weighted by Crippen LogP contribution is 2.32. The van der Waals surface area contributed by atoms with Crippen LogP contribution >= 0.6 is 0 Å². The molecule has 22 heavy (non-hydrogen) atoms. The van der Waals surface area contributed by atoms with E-state index >= 15 is 0 Å². The van der Waals surface area contributed by atoms with Crippen molar-refractivity contribution in [2.24, 2.45) is 0 Å². The normalized spacial score (nSPS) is 19.3. The Bertz CT molecular complexity index is 608. The predicted molar refractivity (Wildman–Crippen MR) is 81.7 cm³/mol. The summed E-state index contributed by atoms with van der Waals surface area (Å²) >= 11 is 0. The van der Waals surface area contributed by atoms with Gasteiger partial charge >= 0.3 is 0 Å². The monoisotopic (exact) mass is 303 g/mol. The summed E-state index contributed by atoms with van der Waals surface area (Å²) in [5.41, 5.74) is 2.38. The first-order chi connectivity index (χ1) is 10.8. The van der Waals surface area contributed by atoms with Crippen molar-refractivity contribution in [1.82, 2.24) is 10.1 Å². The van der Waals surface area contributed by atoms with E-state index in [1.54, 1.807) is 7.11 Å². The predicted octanol–water partition coefficient (Wildman–Crippen LogP) is 2.89. The third-order valence-electron chi connectivity index (χ3n) is 3.83. The van der Waals surface area contributed by atoms with Gasteiger partial charge in [0.05, 0.1) is 6.61 Å². The van der Waals surface area contributed by atoms with E-state index in [2.05, 4.69) is 33.7 Å². The van der Waals surface area contributed by atoms with Crippen LogP contribution in [0.25, 0.3) is 0 Å². The molecule has 0 spiro atoms. The number of para-hydroxylation sites is 1. The molecule has 1 aromatic heterocycles. The second-order valence-electron chi connectivity index (χ2n) is 5.50. The second-order valence-corrected chi connectivity index (χ2v) is 5.50. The fourth-order valence-electron chi connectivity index (χ4n) is 2.69. The van der Waals surface area contributed by atoms with Gasteiger partial charge in [0.2, 0.25) is 5.89 Å². The minimum atomic E-state index is -0.0680. The quantitative estimate of drug-likeness (QED) is 0.885. The Hall–Kier alpha value is -1.92. The first-order valence-electron chi connectivity index (χ1n) is 7.52. The van der Waals surface area contributed by atoms with Crippen molar-refractivity contribution in [2.75, 3.05) is 25.6 Å². The average Bonchev–Trinajstić information content (AvgIpc) is 3.19. The van der Waals surface area contributed by atoms with Gasteiger partial charge < -0.3 is 19.3 Å². The second kappa shape index (κ2) is 6.89. The van der Waals surface area contributed by atoms with Crippen LogP contribution in [0, 0.1) is 0 Å². The van der Waals surface area contributed by atoms with Gasteiger partial charge in [-0.25, -0.2) is 0 Å². The van der Waals surface area contributed by atoms with Gasteiger partial charge in [0.1, 0.15) is 12.6 Å². The zero-order chi connectivity index (χ0) is 15.4. The molecule has 0 bridgehead atoms. The number of nitrogens with zero attached hydrogens (tertiary/aromatic N) is 2. The van der Waals surface area contributed by atoms with Gasteiger partial charge in [-0.3, -0.25) is 0 Å². The highest BCUT2D eigenvalue weighted by Gasteiger charge is 2.22. The Balaban J connectivity index is 1.74. The van der Waals surface area contributed by atoms with Crippen LogP contribution in [0.15, 0.2) is 28.8 Å². The molecule has 0 amide bonds. The molecule has 1 N–H and O–H groups in total. The molecule has 1 saturated heterocycles. The minimum Gasteiger partial charge on any atom is -0.381 e. The molecule has 1 aliphatic heterocycles. The summed E-state index contributed by atoms with van der Waals surface area (Å²) in [4.78, 5) is 4.33. The van der Waals surface area contributed by atoms with Crippen molar-refractivity contribution in [3.8, 4) is 0 Å². The average molecular weight is 303 g/mol. The molecule has 2 heterocycles. The van der Waals surface area contributed by atoms with E-state index in [0.717, 1.165) is 25.3 Å². The molecular formula is C16H21N3O3. The number of rotatable bonds is 6. The maximum absolute atomic E-state index is 5.50. The summed E-state index contributed by atoms with van der Waals surface area (Å²) in [5.74, 6) is 1.57. The van der Waals surface area contributed by atoms with Crippen molar-refractivity contribution in [3.63, 3.8) is 0 Å². The Labute approximate surface area is 129 Å². The van der Waals surface area contributed by atoms with E-state index in [0.29, 0.717) is 24.2 Å². The van der Waals surface area contributed by atoms with E-state index in [-0.39, 0.29) is 6.04 Å². The van der Waals surface area contributed by atoms with Crippen molar-refractivity contribution in [2.45, 2.75) is 31.9 Å². The van der Waals surface area contributed by atoms with Crippen LogP contribution in [-0.4, -0.2) is 30.5 Å². The molecule has 0 aliphatic carbocycles. The van der Waals surface area contributed by atoms with E-state index in [1.165, 1.54) is 5.56 Å². The maximum atomic E-state index is 5.50. The molecule has 2 aromatic rings. The van der Waals surface area contributed by atoms with E-state index in [4.69, 9.17) is 14.0 Å². The summed E-state index contributed by atoms with van der Waals surface area (Å²) in [6.45, 7) is 3.97. The van der Waals surface area contributed by atoms with Gasteiger partial charge in [-0.15, -0.1) is 0 Å². The van der Waals surface area contributed by atoms with Crippen molar-refractivity contribution < 1.29 is 14.0 Å². The van der Waals surface area contributed by atoms with Crippen LogP contribution in [0.1, 0.15) is 42.6 Å². The van der Waals surface area contributed by atoms with Gasteiger partial charge in [-0.1, -0.05) is 23.4 Å². The molecule has 3 rings (SSSR count). The standard InChI is InChI=1S/C16H21N3O3/c1-11(16-18-15(10-20-2)19-22-16)17-14-6-4-3-5-13(14)12-7-8-21-9-12/h3-6,11-12,17H,7-10H2,1-2H3. The minimum absolute atomic E-state index is 0.0680. The van der Waals surface area contributed by atoms with Gasteiger partial charge in [0.15, 0.2) is 5.82 Å². The molecule has 6 nitrogen and oxygen atoms in total. The fraction of sp³-hybridized carbons (Fsp3) is 0.500. The van der Waals surface area contributed by atoms with Gasteiger partial charge in [-0.05, 0) is 25.0 Å². The highest BCUT2D eigenvalue weighted by atomic mass is 16.5. The number of nitrogens with one attached hydrogen (secondary N) is 1. The molecule has 118 valence electrons. The lowest BCUT2D eigenvalue weighted by Crippen LogP contribution is -2.11. The van der Waals surface area contributed by atoms with Crippen LogP contribution in [-0.2, 0) is 16.1 Å². The van der Waals surface area contributed by atoms with Crippen LogP contribution in [0.2, 0.25) is 0 Å². The van der Waals surface area contributed by atoms with Crippen molar-refractivity contribution in [3.05, 3.63) is 41.5 Å². The van der Waals surface area contributed by atoms with Crippen LogP contribution in [0.5, 0.6) is 0 Å². The fourth-order valence-corrected chi connectivity index (χ4v) is 2.69. The summed E-state index contributed by atoms with van der Waals surface area (Å²) in [5, 5.41) is 7.36. The van der Waals surface area contributed by atoms with Crippen LogP contribution in [0.3, 0.4) is 0 Å². The molecule has 1 fully saturated rings. The lowest BCUT2D eigenvalue weighted by Gasteiger charge is -2.18. The molecule has 6 heteroatoms. The number of ether oxygens (including phenoxy) is 2. The SMILES string of the molecule is COCc1noc(C(C)Nc2ccccc2C2CCOC2)n1. The summed E-state index contributed by atoms with van der Waals surface area (Å²) in [6, 6.07) is 8.25. The van der Waals surface area contributed by atoms with Gasteiger partial charge in [0, 0.05) is 25.3 Å². The molecule has 1 aromatic carbocycles. The zero-order valence-electron chi connectivity index (χ0n) is 12.9. The summed E-state index contributed by atoms with van der Waals surface area (Å²) in [7, 11) is 1.61. The topological polar surface area (TPSA) is 69.4 Å². The Kier molecular flexibility index (Phi) is 4.70. The number of hydrogen-bond acceptors (Lipinski definition) is 6. The van der Waals surface area contributed by atoms with Gasteiger partial charge in [0.25, 0.3) is 0 Å². The smallest absolute Gasteiger partial charge is 0.248 e. The third-order valence-corrected chi connectivity index (χ3v) is 3.83. The largest absolute Gasteiger partial charge is 0.381 e. The maximum Gasteiger partial charge on any atom is 0.248 e. The first kappa shape index (κ1) is 15.0. The molecule has 1 aliphatic rings. The first-order valence-corrected chi connectivity index (χ1v) is 7.52. The number of aromatic nitrogens is 2.